The van der Waals surface area contributed by atoms with E-state index in [0.29, 0.717) is 0 Å². The summed E-state index contributed by atoms with van der Waals surface area (Å²) < 4.78 is 1.01. The average molecular weight is 357 g/mol. The first-order valence-electron chi connectivity index (χ1n) is 7.22. The summed E-state index contributed by atoms with van der Waals surface area (Å²) >= 11 is 3.47. The highest BCUT2D eigenvalue weighted by atomic mass is 79.9. The predicted molar refractivity (Wildman–Crippen MR) is 94.1 cm³/mol. The second-order valence-corrected chi connectivity index (χ2v) is 6.15. The molecule has 112 valence electrons. The van der Waals surface area contributed by atoms with Crippen LogP contribution in [0.5, 0.6) is 0 Å². The Morgan fingerprint density at radius 1 is 1.09 bits per heavy atom. The van der Waals surface area contributed by atoms with Crippen molar-refractivity contribution >= 4 is 32.5 Å². The summed E-state index contributed by atoms with van der Waals surface area (Å²) in [4.78, 5) is 4.39. The summed E-state index contributed by atoms with van der Waals surface area (Å²) in [5, 5.41) is 14.2. The van der Waals surface area contributed by atoms with Gasteiger partial charge >= 0.3 is 0 Å². The largest absolute Gasteiger partial charge is 0.394 e. The molecule has 3 nitrogen and oxygen atoms in total. The molecule has 0 amide bonds. The molecule has 2 aromatic carbocycles. The van der Waals surface area contributed by atoms with Gasteiger partial charge in [-0.2, -0.15) is 0 Å². The zero-order chi connectivity index (χ0) is 15.4. The first-order chi connectivity index (χ1) is 10.8. The summed E-state index contributed by atoms with van der Waals surface area (Å²) in [6, 6.07) is 18.1. The van der Waals surface area contributed by atoms with E-state index in [2.05, 4.69) is 38.4 Å². The molecule has 0 fully saturated rings. The molecule has 4 heteroatoms. The molecule has 0 aliphatic carbocycles. The summed E-state index contributed by atoms with van der Waals surface area (Å²) in [7, 11) is 0. The van der Waals surface area contributed by atoms with Crippen LogP contribution in [-0.2, 0) is 6.42 Å². The van der Waals surface area contributed by atoms with E-state index < -0.39 is 0 Å². The van der Waals surface area contributed by atoms with Crippen molar-refractivity contribution in [1.82, 2.24) is 4.98 Å². The predicted octanol–water partition coefficient (Wildman–Crippen LogP) is 4.01. The molecule has 0 saturated carbocycles. The van der Waals surface area contributed by atoms with Gasteiger partial charge in [-0.3, -0.25) is 4.98 Å². The first kappa shape index (κ1) is 15.0. The van der Waals surface area contributed by atoms with E-state index in [1.54, 1.807) is 6.20 Å². The molecule has 3 rings (SSSR count). The van der Waals surface area contributed by atoms with Gasteiger partial charge in [-0.15, -0.1) is 0 Å². The molecule has 0 radical (unpaired) electrons. The number of pyridine rings is 1. The molecule has 22 heavy (non-hydrogen) atoms. The van der Waals surface area contributed by atoms with Gasteiger partial charge in [0.05, 0.1) is 18.2 Å². The standard InChI is InChI=1S/C18H17BrN2O/c19-14-6-7-16-17(8-9-20-18(16)11-14)21-15(12-22)10-13-4-2-1-3-5-13/h1-9,11,15,22H,10,12H2,(H,20,21). The molecule has 0 bridgehead atoms. The molecule has 3 aromatic rings. The average Bonchev–Trinajstić information content (AvgIpc) is 2.55. The van der Waals surface area contributed by atoms with Crippen LogP contribution in [-0.4, -0.2) is 22.7 Å². The Kier molecular flexibility index (Phi) is 4.71. The first-order valence-corrected chi connectivity index (χ1v) is 8.01. The van der Waals surface area contributed by atoms with Gasteiger partial charge in [0.1, 0.15) is 0 Å². The molecule has 1 atom stereocenters. The third kappa shape index (κ3) is 3.46. The maximum absolute atomic E-state index is 9.68. The van der Waals surface area contributed by atoms with Crippen molar-refractivity contribution in [2.45, 2.75) is 12.5 Å². The summed E-state index contributed by atoms with van der Waals surface area (Å²) in [6.45, 7) is 0.0786. The molecule has 1 aromatic heterocycles. The summed E-state index contributed by atoms with van der Waals surface area (Å²) in [5.74, 6) is 0. The van der Waals surface area contributed by atoms with Crippen LogP contribution in [0.25, 0.3) is 10.9 Å². The molecule has 0 spiro atoms. The van der Waals surface area contributed by atoms with Crippen LogP contribution >= 0.6 is 15.9 Å². The third-order valence-corrected chi connectivity index (χ3v) is 4.10. The number of anilines is 1. The summed E-state index contributed by atoms with van der Waals surface area (Å²) in [5.41, 5.74) is 3.12. The Balaban J connectivity index is 1.84. The lowest BCUT2D eigenvalue weighted by atomic mass is 10.1. The van der Waals surface area contributed by atoms with Crippen molar-refractivity contribution < 1.29 is 5.11 Å². The highest BCUT2D eigenvalue weighted by Gasteiger charge is 2.10. The Bertz CT molecular complexity index is 761. The van der Waals surface area contributed by atoms with Crippen LogP contribution in [0.2, 0.25) is 0 Å². The Labute approximate surface area is 138 Å². The van der Waals surface area contributed by atoms with Gasteiger partial charge in [-0.05, 0) is 36.2 Å². The van der Waals surface area contributed by atoms with Crippen LogP contribution < -0.4 is 5.32 Å². The molecule has 0 aliphatic heterocycles. The Hall–Kier alpha value is -1.91. The number of hydrogen-bond acceptors (Lipinski definition) is 3. The number of rotatable bonds is 5. The fraction of sp³-hybridized carbons (Fsp3) is 0.167. The van der Waals surface area contributed by atoms with Gasteiger partial charge in [-0.25, -0.2) is 0 Å². The number of hydrogen-bond donors (Lipinski definition) is 2. The molecule has 1 heterocycles. The minimum Gasteiger partial charge on any atom is -0.394 e. The quantitative estimate of drug-likeness (QED) is 0.725. The smallest absolute Gasteiger partial charge is 0.0733 e. The Morgan fingerprint density at radius 3 is 2.68 bits per heavy atom. The van der Waals surface area contributed by atoms with Gasteiger partial charge in [0.25, 0.3) is 0 Å². The van der Waals surface area contributed by atoms with Crippen molar-refractivity contribution in [1.29, 1.82) is 0 Å². The van der Waals surface area contributed by atoms with Crippen LogP contribution in [0.3, 0.4) is 0 Å². The van der Waals surface area contributed by atoms with E-state index >= 15 is 0 Å². The van der Waals surface area contributed by atoms with Crippen molar-refractivity contribution in [2.75, 3.05) is 11.9 Å². The second-order valence-electron chi connectivity index (χ2n) is 5.23. The van der Waals surface area contributed by atoms with E-state index in [1.165, 1.54) is 5.56 Å². The number of aromatic nitrogens is 1. The summed E-state index contributed by atoms with van der Waals surface area (Å²) in [6.07, 6.45) is 2.56. The zero-order valence-electron chi connectivity index (χ0n) is 12.0. The molecule has 1 unspecified atom stereocenters. The highest BCUT2D eigenvalue weighted by Crippen LogP contribution is 2.25. The van der Waals surface area contributed by atoms with Crippen molar-refractivity contribution in [3.63, 3.8) is 0 Å². The van der Waals surface area contributed by atoms with Crippen molar-refractivity contribution in [2.24, 2.45) is 0 Å². The van der Waals surface area contributed by atoms with Crippen LogP contribution in [0.15, 0.2) is 65.3 Å². The topological polar surface area (TPSA) is 45.1 Å². The van der Waals surface area contributed by atoms with Crippen LogP contribution in [0, 0.1) is 0 Å². The second kappa shape index (κ2) is 6.90. The van der Waals surface area contributed by atoms with E-state index in [0.717, 1.165) is 27.5 Å². The van der Waals surface area contributed by atoms with Gasteiger partial charge in [0, 0.05) is 21.7 Å². The number of nitrogens with zero attached hydrogens (tertiary/aromatic N) is 1. The molecular formula is C18H17BrN2O. The SMILES string of the molecule is OCC(Cc1ccccc1)Nc1ccnc2cc(Br)ccc12. The van der Waals surface area contributed by atoms with Gasteiger partial charge in [0.2, 0.25) is 0 Å². The zero-order valence-corrected chi connectivity index (χ0v) is 13.6. The molecule has 0 aliphatic rings. The minimum absolute atomic E-state index is 0.0309. The number of nitrogens with one attached hydrogen (secondary N) is 1. The molecule has 0 saturated heterocycles. The van der Waals surface area contributed by atoms with Crippen LogP contribution in [0.1, 0.15) is 5.56 Å². The third-order valence-electron chi connectivity index (χ3n) is 3.61. The highest BCUT2D eigenvalue weighted by molar-refractivity contribution is 9.10. The minimum atomic E-state index is -0.0309. The molecular weight excluding hydrogens is 340 g/mol. The number of aliphatic hydroxyl groups is 1. The fourth-order valence-electron chi connectivity index (χ4n) is 2.53. The Morgan fingerprint density at radius 2 is 1.91 bits per heavy atom. The van der Waals surface area contributed by atoms with E-state index in [1.807, 2.05) is 42.5 Å². The van der Waals surface area contributed by atoms with E-state index in [4.69, 9.17) is 0 Å². The lowest BCUT2D eigenvalue weighted by molar-refractivity contribution is 0.274. The van der Waals surface area contributed by atoms with Crippen LogP contribution in [0.4, 0.5) is 5.69 Å². The van der Waals surface area contributed by atoms with Gasteiger partial charge < -0.3 is 10.4 Å². The lowest BCUT2D eigenvalue weighted by Crippen LogP contribution is -2.26. The van der Waals surface area contributed by atoms with E-state index in [-0.39, 0.29) is 12.6 Å². The number of aliphatic hydroxyl groups excluding tert-OH is 1. The van der Waals surface area contributed by atoms with Crippen molar-refractivity contribution in [3.05, 3.63) is 70.8 Å². The lowest BCUT2D eigenvalue weighted by Gasteiger charge is -2.19. The van der Waals surface area contributed by atoms with Crippen molar-refractivity contribution in [3.8, 4) is 0 Å². The normalized spacial score (nSPS) is 12.3. The number of benzene rings is 2. The fourth-order valence-corrected chi connectivity index (χ4v) is 2.88. The maximum Gasteiger partial charge on any atom is 0.0733 e. The number of halogens is 1. The monoisotopic (exact) mass is 356 g/mol. The number of fused-ring (bicyclic) bond motifs is 1. The molecule has 2 N–H and O–H groups in total. The van der Waals surface area contributed by atoms with Gasteiger partial charge in [-0.1, -0.05) is 46.3 Å². The maximum atomic E-state index is 9.68. The van der Waals surface area contributed by atoms with E-state index in [9.17, 15) is 5.11 Å². The van der Waals surface area contributed by atoms with Gasteiger partial charge in [0.15, 0.2) is 0 Å².